The van der Waals surface area contributed by atoms with Crippen LogP contribution in [0.2, 0.25) is 0 Å². The zero-order valence-electron chi connectivity index (χ0n) is 14.6. The Bertz CT molecular complexity index is 1280. The summed E-state index contributed by atoms with van der Waals surface area (Å²) in [5, 5.41) is 18.5. The summed E-state index contributed by atoms with van der Waals surface area (Å²) < 4.78 is 56.5. The number of nitrogens with zero attached hydrogens (tertiary/aromatic N) is 2. The van der Waals surface area contributed by atoms with Crippen molar-refractivity contribution in [3.63, 3.8) is 0 Å². The Kier molecular flexibility index (Phi) is 5.20. The first-order valence-corrected chi connectivity index (χ1v) is 11.2. The fourth-order valence-corrected chi connectivity index (χ4v) is 4.20. The van der Waals surface area contributed by atoms with E-state index in [0.29, 0.717) is 5.69 Å². The number of fused-ring (bicyclic) bond motifs is 1. The van der Waals surface area contributed by atoms with Crippen LogP contribution < -0.4 is 0 Å². The van der Waals surface area contributed by atoms with Crippen molar-refractivity contribution in [2.75, 3.05) is 5.75 Å². The molecule has 0 amide bonds. The number of hydrogen-bond acceptors (Lipinski definition) is 7. The number of phenolic OH excluding ortho intramolecular Hbond substituents is 1. The Morgan fingerprint density at radius 3 is 2.07 bits per heavy atom. The summed E-state index contributed by atoms with van der Waals surface area (Å²) in [6.45, 7) is 1.54. The molecule has 0 atom stereocenters. The average Bonchev–Trinajstić information content (AvgIpc) is 2.67. The molecule has 0 spiro atoms. The van der Waals surface area contributed by atoms with Crippen LogP contribution in [0.1, 0.15) is 6.92 Å². The van der Waals surface area contributed by atoms with Crippen molar-refractivity contribution in [3.05, 3.63) is 54.6 Å². The average molecular weight is 420 g/mol. The van der Waals surface area contributed by atoms with Crippen molar-refractivity contribution in [3.8, 4) is 5.75 Å². The van der Waals surface area contributed by atoms with Gasteiger partial charge in [-0.2, -0.15) is 13.5 Å². The first-order valence-electron chi connectivity index (χ1n) is 8.10. The summed E-state index contributed by atoms with van der Waals surface area (Å²) in [5.74, 6) is -0.325. The lowest BCUT2D eigenvalue weighted by Gasteiger charge is -2.08. The molecule has 0 bridgehead atoms. The second-order valence-electron chi connectivity index (χ2n) is 5.86. The van der Waals surface area contributed by atoms with E-state index in [4.69, 9.17) is 0 Å². The van der Waals surface area contributed by atoms with Crippen LogP contribution in [0.3, 0.4) is 0 Å². The summed E-state index contributed by atoms with van der Waals surface area (Å²) in [4.78, 5) is -0.254. The molecule has 146 valence electrons. The van der Waals surface area contributed by atoms with Crippen LogP contribution in [-0.4, -0.2) is 32.2 Å². The predicted octanol–water partition coefficient (Wildman–Crippen LogP) is 4.00. The van der Waals surface area contributed by atoms with E-state index in [1.807, 2.05) is 0 Å². The van der Waals surface area contributed by atoms with Gasteiger partial charge in [0.05, 0.1) is 16.3 Å². The molecule has 0 aliphatic heterocycles. The number of azo groups is 1. The van der Waals surface area contributed by atoms with Crippen LogP contribution in [0.4, 0.5) is 11.4 Å². The molecule has 0 unspecified atom stereocenters. The highest BCUT2D eigenvalue weighted by Crippen LogP contribution is 2.39. The molecule has 0 saturated carbocycles. The van der Waals surface area contributed by atoms with Gasteiger partial charge in [0.1, 0.15) is 10.6 Å². The van der Waals surface area contributed by atoms with Gasteiger partial charge in [-0.1, -0.05) is 31.2 Å². The molecule has 0 fully saturated rings. The van der Waals surface area contributed by atoms with Crippen LogP contribution in [0, 0.1) is 0 Å². The second-order valence-corrected chi connectivity index (χ2v) is 9.53. The third-order valence-corrected chi connectivity index (χ3v) is 6.73. The van der Waals surface area contributed by atoms with Crippen LogP contribution in [0.5, 0.6) is 5.75 Å². The Morgan fingerprint density at radius 2 is 1.50 bits per heavy atom. The van der Waals surface area contributed by atoms with Gasteiger partial charge in [0.25, 0.3) is 10.1 Å². The van der Waals surface area contributed by atoms with Gasteiger partial charge in [-0.05, 0) is 30.3 Å². The van der Waals surface area contributed by atoms with Gasteiger partial charge in [0, 0.05) is 10.8 Å². The van der Waals surface area contributed by atoms with E-state index in [-0.39, 0.29) is 32.9 Å². The van der Waals surface area contributed by atoms with Crippen molar-refractivity contribution < 1.29 is 26.5 Å². The molecule has 0 heterocycles. The quantitative estimate of drug-likeness (QED) is 0.473. The summed E-state index contributed by atoms with van der Waals surface area (Å²) in [6, 6.07) is 12.8. The van der Waals surface area contributed by atoms with Crippen molar-refractivity contribution >= 4 is 42.1 Å². The first-order chi connectivity index (χ1) is 13.1. The lowest BCUT2D eigenvalue weighted by atomic mass is 10.1. The Labute approximate surface area is 161 Å². The summed E-state index contributed by atoms with van der Waals surface area (Å²) in [6.07, 6.45) is 0. The number of aromatic hydroxyl groups is 1. The molecule has 3 rings (SSSR count). The third kappa shape index (κ3) is 3.88. The molecule has 3 aromatic rings. The lowest BCUT2D eigenvalue weighted by Crippen LogP contribution is -2.02. The van der Waals surface area contributed by atoms with Gasteiger partial charge in [-0.3, -0.25) is 4.55 Å². The molecule has 2 N–H and O–H groups in total. The first kappa shape index (κ1) is 19.9. The van der Waals surface area contributed by atoms with Crippen LogP contribution >= 0.6 is 0 Å². The molecule has 0 saturated heterocycles. The standard InChI is InChI=1S/C18H16N2O6S2/c1-2-27(22,23)13-9-7-12(8-10-13)19-20-16-11-17(28(24,25)26)14-5-3-4-6-15(14)18(16)21/h3-11,21H,2H2,1H3,(H,24,25,26). The van der Waals surface area contributed by atoms with E-state index < -0.39 is 24.9 Å². The Hall–Kier alpha value is -2.82. The van der Waals surface area contributed by atoms with Gasteiger partial charge in [-0.15, -0.1) is 5.11 Å². The van der Waals surface area contributed by atoms with Crippen LogP contribution in [0.15, 0.2) is 74.6 Å². The minimum absolute atomic E-state index is 0.0305. The molecular formula is C18H16N2O6S2. The number of phenols is 1. The van der Waals surface area contributed by atoms with Crippen molar-refractivity contribution in [2.24, 2.45) is 10.2 Å². The molecular weight excluding hydrogens is 404 g/mol. The van der Waals surface area contributed by atoms with Crippen LogP contribution in [-0.2, 0) is 20.0 Å². The fraction of sp³-hybridized carbons (Fsp3) is 0.111. The largest absolute Gasteiger partial charge is 0.505 e. The molecule has 0 aliphatic carbocycles. The highest BCUT2D eigenvalue weighted by atomic mass is 32.2. The summed E-state index contributed by atoms with van der Waals surface area (Å²) in [7, 11) is -7.90. The molecule has 8 nitrogen and oxygen atoms in total. The maximum atomic E-state index is 11.8. The number of hydrogen-bond donors (Lipinski definition) is 2. The predicted molar refractivity (Wildman–Crippen MR) is 104 cm³/mol. The topological polar surface area (TPSA) is 133 Å². The molecule has 0 aromatic heterocycles. The number of benzene rings is 3. The second kappa shape index (κ2) is 7.30. The monoisotopic (exact) mass is 420 g/mol. The SMILES string of the molecule is CCS(=O)(=O)c1ccc(N=Nc2cc(S(=O)(=O)O)c3ccccc3c2O)cc1. The summed E-state index contributed by atoms with van der Waals surface area (Å²) in [5.41, 5.74) is 0.146. The van der Waals surface area contributed by atoms with E-state index in [9.17, 15) is 26.5 Å². The molecule has 10 heteroatoms. The highest BCUT2D eigenvalue weighted by Gasteiger charge is 2.19. The zero-order chi connectivity index (χ0) is 20.5. The van der Waals surface area contributed by atoms with Gasteiger partial charge in [0.2, 0.25) is 0 Å². The van der Waals surface area contributed by atoms with E-state index in [1.54, 1.807) is 12.1 Å². The normalized spacial score (nSPS) is 12.6. The van der Waals surface area contributed by atoms with Gasteiger partial charge < -0.3 is 5.11 Å². The minimum atomic E-state index is -4.56. The molecule has 3 aromatic carbocycles. The van der Waals surface area contributed by atoms with Gasteiger partial charge in [0.15, 0.2) is 15.6 Å². The lowest BCUT2D eigenvalue weighted by molar-refractivity contribution is 0.480. The smallest absolute Gasteiger partial charge is 0.295 e. The summed E-state index contributed by atoms with van der Waals surface area (Å²) >= 11 is 0. The molecule has 0 radical (unpaired) electrons. The van der Waals surface area contributed by atoms with E-state index in [0.717, 1.165) is 6.07 Å². The zero-order valence-corrected chi connectivity index (χ0v) is 16.3. The van der Waals surface area contributed by atoms with Crippen molar-refractivity contribution in [2.45, 2.75) is 16.7 Å². The fourth-order valence-electron chi connectivity index (χ4n) is 2.60. The Balaban J connectivity index is 2.06. The number of rotatable bonds is 5. The highest BCUT2D eigenvalue weighted by molar-refractivity contribution is 7.91. The Morgan fingerprint density at radius 1 is 0.893 bits per heavy atom. The van der Waals surface area contributed by atoms with E-state index >= 15 is 0 Å². The third-order valence-electron chi connectivity index (χ3n) is 4.09. The van der Waals surface area contributed by atoms with E-state index in [1.165, 1.54) is 43.3 Å². The number of sulfone groups is 1. The minimum Gasteiger partial charge on any atom is -0.505 e. The molecule has 0 aliphatic rings. The van der Waals surface area contributed by atoms with E-state index in [2.05, 4.69) is 10.2 Å². The van der Waals surface area contributed by atoms with Crippen molar-refractivity contribution in [1.82, 2.24) is 0 Å². The van der Waals surface area contributed by atoms with Gasteiger partial charge >= 0.3 is 0 Å². The van der Waals surface area contributed by atoms with Crippen LogP contribution in [0.25, 0.3) is 10.8 Å². The van der Waals surface area contributed by atoms with Crippen molar-refractivity contribution in [1.29, 1.82) is 0 Å². The maximum absolute atomic E-state index is 11.8. The molecule has 28 heavy (non-hydrogen) atoms. The van der Waals surface area contributed by atoms with Gasteiger partial charge in [-0.25, -0.2) is 8.42 Å². The maximum Gasteiger partial charge on any atom is 0.295 e.